The van der Waals surface area contributed by atoms with Gasteiger partial charge in [-0.05, 0) is 67.9 Å². The number of hydrogen-bond donors (Lipinski definition) is 3. The average Bonchev–Trinajstić information content (AvgIpc) is 3.14. The van der Waals surface area contributed by atoms with Gasteiger partial charge in [0.1, 0.15) is 18.4 Å². The minimum absolute atomic E-state index is 0. The van der Waals surface area contributed by atoms with Crippen LogP contribution in [0.3, 0.4) is 0 Å². The number of hydrogen-bond acceptors (Lipinski definition) is 6. The van der Waals surface area contributed by atoms with Crippen molar-refractivity contribution in [2.75, 3.05) is 6.61 Å². The van der Waals surface area contributed by atoms with Crippen LogP contribution in [0.4, 0.5) is 0 Å². The number of primary amides is 1. The van der Waals surface area contributed by atoms with E-state index in [0.29, 0.717) is 29.1 Å². The second-order valence-corrected chi connectivity index (χ2v) is 10.4. The number of unbranched alkanes of at least 4 members (excludes halogenated alkanes) is 1. The van der Waals surface area contributed by atoms with Crippen LogP contribution in [0.15, 0.2) is 41.2 Å². The van der Waals surface area contributed by atoms with Crippen LogP contribution in [0.1, 0.15) is 55.7 Å². The maximum Gasteiger partial charge on any atom is 0.329 e. The summed E-state index contributed by atoms with van der Waals surface area (Å²) in [6.07, 6.45) is 4.58. The average molecular weight is 593 g/mol. The van der Waals surface area contributed by atoms with Crippen LogP contribution < -0.4 is 27.2 Å². The Morgan fingerprint density at radius 3 is 2.62 bits per heavy atom. The highest BCUT2D eigenvalue weighted by atomic mass is 35.5. The van der Waals surface area contributed by atoms with Crippen LogP contribution in [-0.4, -0.2) is 39.5 Å². The Bertz CT molecular complexity index is 1450. The van der Waals surface area contributed by atoms with E-state index in [1.165, 1.54) is 4.57 Å². The van der Waals surface area contributed by atoms with Crippen molar-refractivity contribution in [3.05, 3.63) is 63.0 Å². The number of benzene rings is 2. The molecule has 2 aromatic carbocycles. The van der Waals surface area contributed by atoms with Gasteiger partial charge in [0.05, 0.1) is 16.1 Å². The van der Waals surface area contributed by atoms with Gasteiger partial charge in [0.25, 0.3) is 0 Å². The highest BCUT2D eigenvalue weighted by Gasteiger charge is 2.31. The number of aromatic nitrogens is 2. The highest BCUT2D eigenvalue weighted by Crippen LogP contribution is 2.30. The number of nitrogens with one attached hydrogen (secondary N) is 1. The summed E-state index contributed by atoms with van der Waals surface area (Å²) in [7, 11) is 1.69. The minimum Gasteiger partial charge on any atom is -0.490 e. The zero-order valence-electron chi connectivity index (χ0n) is 22.4. The number of nitrogens with zero attached hydrogens (tertiary/aromatic N) is 2. The molecule has 1 fully saturated rings. The van der Waals surface area contributed by atoms with E-state index in [0.717, 1.165) is 42.3 Å². The number of piperidine rings is 1. The Hall–Kier alpha value is -3.34. The third kappa shape index (κ3) is 7.24. The molecule has 0 spiro atoms. The van der Waals surface area contributed by atoms with Gasteiger partial charge in [-0.2, -0.15) is 0 Å². The van der Waals surface area contributed by atoms with E-state index in [4.69, 9.17) is 27.8 Å². The first-order chi connectivity index (χ1) is 18.7. The van der Waals surface area contributed by atoms with E-state index in [1.54, 1.807) is 17.7 Å². The van der Waals surface area contributed by atoms with Crippen molar-refractivity contribution >= 4 is 52.8 Å². The van der Waals surface area contributed by atoms with Crippen molar-refractivity contribution in [3.63, 3.8) is 0 Å². The fourth-order valence-corrected chi connectivity index (χ4v) is 5.18. The fourth-order valence-electron chi connectivity index (χ4n) is 4.91. The van der Waals surface area contributed by atoms with Crippen LogP contribution >= 0.6 is 24.0 Å². The minimum atomic E-state index is -0.694. The first-order valence-electron chi connectivity index (χ1n) is 13.1. The number of aryl methyl sites for hydroxylation is 3. The molecule has 4 rings (SSSR count). The predicted molar refractivity (Wildman–Crippen MR) is 156 cm³/mol. The van der Waals surface area contributed by atoms with Gasteiger partial charge in [0, 0.05) is 25.9 Å². The standard InChI is InChI=1S/C28H34ClN5O5.ClH/c1-33-22-15-17(9-11-20(22)34(28(33)38)21-12-14-25(36)32-27(21)37)5-2-3-6-18-7-4-8-23(26(18)29)39-16-19(30)10-13-24(31)35;/h4,7-9,11,15,19,21H,2-3,5-6,10,12-14,16,30H2,1H3,(H2,31,35)(H,32,36,37);1H/t19-,21?;/m0./s1. The van der Waals surface area contributed by atoms with Crippen molar-refractivity contribution in [2.24, 2.45) is 18.5 Å². The number of carbonyl (C=O) groups is 3. The quantitative estimate of drug-likeness (QED) is 0.217. The molecule has 216 valence electrons. The number of rotatable bonds is 12. The van der Waals surface area contributed by atoms with E-state index < -0.39 is 11.9 Å². The second-order valence-electron chi connectivity index (χ2n) is 10.0. The smallest absolute Gasteiger partial charge is 0.329 e. The van der Waals surface area contributed by atoms with E-state index in [-0.39, 0.29) is 55.4 Å². The van der Waals surface area contributed by atoms with E-state index >= 15 is 0 Å². The summed E-state index contributed by atoms with van der Waals surface area (Å²) < 4.78 is 8.82. The Labute approximate surface area is 243 Å². The zero-order valence-corrected chi connectivity index (χ0v) is 23.9. The molecular weight excluding hydrogens is 557 g/mol. The molecule has 1 saturated heterocycles. The lowest BCUT2D eigenvalue weighted by atomic mass is 10.0. The molecule has 0 aliphatic carbocycles. The topological polar surface area (TPSA) is 151 Å². The summed E-state index contributed by atoms with van der Waals surface area (Å²) in [5.74, 6) is -0.576. The molecule has 12 heteroatoms. The largest absolute Gasteiger partial charge is 0.490 e. The Kier molecular flexibility index (Phi) is 10.8. The molecule has 1 aliphatic rings. The van der Waals surface area contributed by atoms with E-state index in [9.17, 15) is 19.2 Å². The van der Waals surface area contributed by atoms with Crippen molar-refractivity contribution in [1.29, 1.82) is 0 Å². The summed E-state index contributed by atoms with van der Waals surface area (Å²) in [4.78, 5) is 47.8. The van der Waals surface area contributed by atoms with Crippen LogP contribution in [0.2, 0.25) is 5.02 Å². The first kappa shape index (κ1) is 31.2. The van der Waals surface area contributed by atoms with E-state index in [2.05, 4.69) is 5.32 Å². The number of nitrogens with two attached hydrogens (primary N) is 2. The lowest BCUT2D eigenvalue weighted by Crippen LogP contribution is -2.44. The van der Waals surface area contributed by atoms with Crippen molar-refractivity contribution in [3.8, 4) is 5.75 Å². The number of imidazole rings is 1. The lowest BCUT2D eigenvalue weighted by Gasteiger charge is -2.21. The summed E-state index contributed by atoms with van der Waals surface area (Å²) in [5, 5.41) is 2.89. The Balaban J connectivity index is 0.00000441. The molecule has 0 radical (unpaired) electrons. The molecule has 1 aromatic heterocycles. The summed E-state index contributed by atoms with van der Waals surface area (Å²) >= 11 is 6.58. The molecule has 1 unspecified atom stereocenters. The van der Waals surface area contributed by atoms with Gasteiger partial charge in [-0.15, -0.1) is 12.4 Å². The van der Waals surface area contributed by atoms with Crippen LogP contribution in [-0.2, 0) is 34.3 Å². The van der Waals surface area contributed by atoms with Crippen LogP contribution in [0.25, 0.3) is 11.0 Å². The van der Waals surface area contributed by atoms with Gasteiger partial charge in [-0.25, -0.2) is 4.79 Å². The SMILES string of the molecule is Cl.Cn1c(=O)n(C2CCC(=O)NC2=O)c2ccc(CCCCc3cccc(OC[C@@H](N)CCC(N)=O)c3Cl)cc21. The van der Waals surface area contributed by atoms with Crippen molar-refractivity contribution < 1.29 is 19.1 Å². The van der Waals surface area contributed by atoms with Gasteiger partial charge in [-0.1, -0.05) is 29.8 Å². The molecule has 2 heterocycles. The first-order valence-corrected chi connectivity index (χ1v) is 13.5. The molecule has 2 atom stereocenters. The lowest BCUT2D eigenvalue weighted by molar-refractivity contribution is -0.135. The molecule has 40 heavy (non-hydrogen) atoms. The molecular formula is C28H35Cl2N5O5. The number of imide groups is 1. The van der Waals surface area contributed by atoms with Crippen LogP contribution in [0, 0.1) is 0 Å². The summed E-state index contributed by atoms with van der Waals surface area (Å²) in [6, 6.07) is 10.5. The van der Waals surface area contributed by atoms with Crippen molar-refractivity contribution in [2.45, 2.75) is 63.5 Å². The van der Waals surface area contributed by atoms with Gasteiger partial charge >= 0.3 is 5.69 Å². The number of amides is 3. The van der Waals surface area contributed by atoms with Gasteiger partial charge < -0.3 is 16.2 Å². The third-order valence-electron chi connectivity index (χ3n) is 7.09. The zero-order chi connectivity index (χ0) is 28.1. The van der Waals surface area contributed by atoms with Gasteiger partial charge in [0.2, 0.25) is 17.7 Å². The number of ether oxygens (including phenoxy) is 1. The van der Waals surface area contributed by atoms with E-state index in [1.807, 2.05) is 30.3 Å². The van der Waals surface area contributed by atoms with Crippen LogP contribution in [0.5, 0.6) is 5.75 Å². The molecule has 5 N–H and O–H groups in total. The second kappa shape index (κ2) is 13.8. The number of halogens is 2. The maximum absolute atomic E-state index is 13.0. The maximum atomic E-state index is 13.0. The number of fused-ring (bicyclic) bond motifs is 1. The predicted octanol–water partition coefficient (Wildman–Crippen LogP) is 2.93. The molecule has 0 saturated carbocycles. The number of carbonyl (C=O) groups excluding carboxylic acids is 3. The molecule has 3 amide bonds. The highest BCUT2D eigenvalue weighted by molar-refractivity contribution is 6.32. The molecule has 1 aliphatic heterocycles. The normalized spacial score (nSPS) is 15.9. The Morgan fingerprint density at radius 1 is 1.15 bits per heavy atom. The van der Waals surface area contributed by atoms with Gasteiger partial charge in [0.15, 0.2) is 0 Å². The summed E-state index contributed by atoms with van der Waals surface area (Å²) in [6.45, 7) is 0.243. The molecule has 0 bridgehead atoms. The summed E-state index contributed by atoms with van der Waals surface area (Å²) in [5.41, 5.74) is 14.4. The van der Waals surface area contributed by atoms with Crippen molar-refractivity contribution in [1.82, 2.24) is 14.5 Å². The third-order valence-corrected chi connectivity index (χ3v) is 7.52. The monoisotopic (exact) mass is 591 g/mol. The molecule has 3 aromatic rings. The van der Waals surface area contributed by atoms with Gasteiger partial charge in [-0.3, -0.25) is 28.8 Å². The fraction of sp³-hybridized carbons (Fsp3) is 0.429. The molecule has 10 nitrogen and oxygen atoms in total. The Morgan fingerprint density at radius 2 is 1.90 bits per heavy atom.